The van der Waals surface area contributed by atoms with Gasteiger partial charge in [-0.25, -0.2) is 4.98 Å². The van der Waals surface area contributed by atoms with E-state index in [0.29, 0.717) is 15.9 Å². The molecule has 100 valence electrons. The maximum absolute atomic E-state index is 12.4. The van der Waals surface area contributed by atoms with Gasteiger partial charge in [0, 0.05) is 38.2 Å². The number of thioether (sulfide) groups is 1. The number of thiazole rings is 1. The first-order chi connectivity index (χ1) is 8.49. The smallest absolute Gasteiger partial charge is 0.267 e. The van der Waals surface area contributed by atoms with E-state index in [1.807, 2.05) is 35.7 Å². The van der Waals surface area contributed by atoms with Crippen LogP contribution in [0.15, 0.2) is 0 Å². The second-order valence-electron chi connectivity index (χ2n) is 4.54. The van der Waals surface area contributed by atoms with E-state index in [0.717, 1.165) is 24.0 Å². The molecule has 0 aromatic carbocycles. The third kappa shape index (κ3) is 2.72. The molecule has 1 aromatic rings. The molecule has 18 heavy (non-hydrogen) atoms. The Balaban J connectivity index is 2.17. The highest BCUT2D eigenvalue weighted by Gasteiger charge is 2.26. The van der Waals surface area contributed by atoms with E-state index in [4.69, 9.17) is 5.73 Å². The third-order valence-electron chi connectivity index (χ3n) is 2.75. The van der Waals surface area contributed by atoms with Gasteiger partial charge in [-0.1, -0.05) is 18.3 Å². The summed E-state index contributed by atoms with van der Waals surface area (Å²) in [6.45, 7) is 3.73. The molecule has 0 spiro atoms. The quantitative estimate of drug-likeness (QED) is 0.889. The van der Waals surface area contributed by atoms with Crippen LogP contribution in [0.5, 0.6) is 0 Å². The maximum Gasteiger partial charge on any atom is 0.267 e. The van der Waals surface area contributed by atoms with Crippen molar-refractivity contribution in [1.82, 2.24) is 9.88 Å². The second-order valence-corrected chi connectivity index (χ2v) is 7.06. The fourth-order valence-corrected chi connectivity index (χ4v) is 3.70. The highest BCUT2D eigenvalue weighted by molar-refractivity contribution is 7.99. The summed E-state index contributed by atoms with van der Waals surface area (Å²) in [6.07, 6.45) is 0. The van der Waals surface area contributed by atoms with Crippen LogP contribution in [0.25, 0.3) is 0 Å². The topological polar surface area (TPSA) is 62.5 Å². The number of anilines is 2. The van der Waals surface area contributed by atoms with Crippen LogP contribution in [0.2, 0.25) is 0 Å². The zero-order valence-corrected chi connectivity index (χ0v) is 12.5. The summed E-state index contributed by atoms with van der Waals surface area (Å²) < 4.78 is 0. The van der Waals surface area contributed by atoms with Crippen molar-refractivity contribution in [3.63, 3.8) is 0 Å². The van der Waals surface area contributed by atoms with Crippen molar-refractivity contribution in [2.75, 3.05) is 43.6 Å². The number of amides is 1. The first-order valence-corrected chi connectivity index (χ1v) is 7.70. The SMILES string of the molecule is CC1CN(C(=O)c2sc(N(C)C)nc2N)CCS1. The number of carbonyl (C=O) groups is 1. The van der Waals surface area contributed by atoms with Gasteiger partial charge in [-0.05, 0) is 0 Å². The molecule has 1 saturated heterocycles. The van der Waals surface area contributed by atoms with Crippen LogP contribution in [-0.4, -0.2) is 54.0 Å². The lowest BCUT2D eigenvalue weighted by atomic mass is 10.3. The summed E-state index contributed by atoms with van der Waals surface area (Å²) in [4.78, 5) is 20.9. The molecule has 1 unspecified atom stereocenters. The molecule has 0 bridgehead atoms. The van der Waals surface area contributed by atoms with Crippen molar-refractivity contribution in [1.29, 1.82) is 0 Å². The summed E-state index contributed by atoms with van der Waals surface area (Å²) in [5.41, 5.74) is 5.84. The zero-order chi connectivity index (χ0) is 13.3. The fraction of sp³-hybridized carbons (Fsp3) is 0.636. The van der Waals surface area contributed by atoms with Crippen LogP contribution in [-0.2, 0) is 0 Å². The van der Waals surface area contributed by atoms with Crippen molar-refractivity contribution >= 4 is 40.0 Å². The zero-order valence-electron chi connectivity index (χ0n) is 10.8. The van der Waals surface area contributed by atoms with Gasteiger partial charge < -0.3 is 15.5 Å². The first-order valence-electron chi connectivity index (χ1n) is 5.83. The number of nitrogen functional groups attached to an aromatic ring is 1. The van der Waals surface area contributed by atoms with Crippen LogP contribution < -0.4 is 10.6 Å². The Bertz CT molecular complexity index is 446. The van der Waals surface area contributed by atoms with E-state index < -0.39 is 0 Å². The molecular formula is C11H18N4OS2. The minimum atomic E-state index is 0.0188. The van der Waals surface area contributed by atoms with Crippen molar-refractivity contribution in [2.24, 2.45) is 0 Å². The second kappa shape index (κ2) is 5.36. The normalized spacial score (nSPS) is 19.9. The Labute approximate surface area is 115 Å². The molecule has 2 N–H and O–H groups in total. The number of hydrogen-bond donors (Lipinski definition) is 1. The average molecular weight is 286 g/mol. The molecule has 2 rings (SSSR count). The Morgan fingerprint density at radius 3 is 2.83 bits per heavy atom. The van der Waals surface area contributed by atoms with E-state index in [-0.39, 0.29) is 5.91 Å². The number of hydrogen-bond acceptors (Lipinski definition) is 6. The molecule has 5 nitrogen and oxygen atoms in total. The molecule has 0 aliphatic carbocycles. The molecule has 0 radical (unpaired) electrons. The highest BCUT2D eigenvalue weighted by atomic mass is 32.2. The predicted molar refractivity (Wildman–Crippen MR) is 78.7 cm³/mol. The van der Waals surface area contributed by atoms with Crippen LogP contribution in [0.1, 0.15) is 16.6 Å². The van der Waals surface area contributed by atoms with Gasteiger partial charge in [-0.15, -0.1) is 0 Å². The molecule has 1 atom stereocenters. The van der Waals surface area contributed by atoms with Crippen molar-refractivity contribution in [3.05, 3.63) is 4.88 Å². The molecular weight excluding hydrogens is 268 g/mol. The fourth-order valence-electron chi connectivity index (χ4n) is 1.81. The molecule has 0 saturated carbocycles. The number of aromatic nitrogens is 1. The van der Waals surface area contributed by atoms with Crippen LogP contribution in [0, 0.1) is 0 Å². The molecule has 1 aliphatic rings. The number of carbonyl (C=O) groups excluding carboxylic acids is 1. The maximum atomic E-state index is 12.4. The summed E-state index contributed by atoms with van der Waals surface area (Å²) in [5.74, 6) is 1.36. The summed E-state index contributed by atoms with van der Waals surface area (Å²) >= 11 is 3.27. The van der Waals surface area contributed by atoms with Crippen LogP contribution in [0.4, 0.5) is 10.9 Å². The minimum Gasteiger partial charge on any atom is -0.382 e. The Hall–Kier alpha value is -0.950. The predicted octanol–water partition coefficient (Wildman–Crippen LogP) is 1.37. The average Bonchev–Trinajstić information content (AvgIpc) is 2.70. The Morgan fingerprint density at radius 2 is 2.28 bits per heavy atom. The summed E-state index contributed by atoms with van der Waals surface area (Å²) in [5, 5.41) is 1.26. The van der Waals surface area contributed by atoms with Gasteiger partial charge in [-0.3, -0.25) is 4.79 Å². The lowest BCUT2D eigenvalue weighted by Gasteiger charge is -2.30. The monoisotopic (exact) mass is 286 g/mol. The molecule has 7 heteroatoms. The summed E-state index contributed by atoms with van der Waals surface area (Å²) in [6, 6.07) is 0. The van der Waals surface area contributed by atoms with E-state index in [1.54, 1.807) is 0 Å². The summed E-state index contributed by atoms with van der Waals surface area (Å²) in [7, 11) is 3.79. The van der Waals surface area contributed by atoms with Gasteiger partial charge in [0.05, 0.1) is 0 Å². The van der Waals surface area contributed by atoms with E-state index in [1.165, 1.54) is 11.3 Å². The number of nitrogens with two attached hydrogens (primary N) is 1. The molecule has 1 aromatic heterocycles. The standard InChI is InChI=1S/C11H18N4OS2/c1-7-6-15(4-5-17-7)10(16)8-9(12)13-11(18-8)14(2)3/h7H,4-6,12H2,1-3H3. The Morgan fingerprint density at radius 1 is 1.56 bits per heavy atom. The van der Waals surface area contributed by atoms with Crippen LogP contribution >= 0.6 is 23.1 Å². The van der Waals surface area contributed by atoms with Gasteiger partial charge in [0.1, 0.15) is 10.7 Å². The van der Waals surface area contributed by atoms with Gasteiger partial charge in [0.2, 0.25) is 0 Å². The van der Waals surface area contributed by atoms with Gasteiger partial charge >= 0.3 is 0 Å². The highest BCUT2D eigenvalue weighted by Crippen LogP contribution is 2.29. The van der Waals surface area contributed by atoms with E-state index in [9.17, 15) is 4.79 Å². The van der Waals surface area contributed by atoms with E-state index in [2.05, 4.69) is 11.9 Å². The first kappa shape index (κ1) is 13.5. The van der Waals surface area contributed by atoms with Crippen molar-refractivity contribution < 1.29 is 4.79 Å². The Kier molecular flexibility index (Phi) is 4.01. The molecule has 2 heterocycles. The van der Waals surface area contributed by atoms with Crippen molar-refractivity contribution in [2.45, 2.75) is 12.2 Å². The number of rotatable bonds is 2. The lowest BCUT2D eigenvalue weighted by molar-refractivity contribution is 0.0769. The van der Waals surface area contributed by atoms with Gasteiger partial charge in [0.25, 0.3) is 5.91 Å². The molecule has 1 amide bonds. The van der Waals surface area contributed by atoms with E-state index >= 15 is 0 Å². The molecule has 1 aliphatic heterocycles. The minimum absolute atomic E-state index is 0.0188. The van der Waals surface area contributed by atoms with Gasteiger partial charge in [-0.2, -0.15) is 11.8 Å². The van der Waals surface area contributed by atoms with Gasteiger partial charge in [0.15, 0.2) is 5.13 Å². The van der Waals surface area contributed by atoms with Crippen LogP contribution in [0.3, 0.4) is 0 Å². The molecule has 1 fully saturated rings. The lowest BCUT2D eigenvalue weighted by Crippen LogP contribution is -2.40. The largest absolute Gasteiger partial charge is 0.382 e. The van der Waals surface area contributed by atoms with Crippen molar-refractivity contribution in [3.8, 4) is 0 Å². The third-order valence-corrected chi connectivity index (χ3v) is 5.11. The number of nitrogens with zero attached hydrogens (tertiary/aromatic N) is 3.